The number of hydrogen-bond acceptors (Lipinski definition) is 2. The molecule has 0 spiro atoms. The van der Waals surface area contributed by atoms with Crippen LogP contribution in [-0.2, 0) is 12.8 Å². The zero-order valence-corrected chi connectivity index (χ0v) is 19.9. The zero-order chi connectivity index (χ0) is 21.3. The van der Waals surface area contributed by atoms with Gasteiger partial charge in [-0.05, 0) is 37.8 Å². The van der Waals surface area contributed by atoms with Crippen molar-refractivity contribution in [2.45, 2.75) is 129 Å². The predicted octanol–water partition coefficient (Wildman–Crippen LogP) is 9.00. The summed E-state index contributed by atoms with van der Waals surface area (Å²) in [5.74, 6) is 0. The van der Waals surface area contributed by atoms with Crippen LogP contribution in [0.1, 0.15) is 128 Å². The highest BCUT2D eigenvalue weighted by Crippen LogP contribution is 2.19. The topological polar surface area (TPSA) is 25.8 Å². The van der Waals surface area contributed by atoms with Crippen LogP contribution in [-0.4, -0.2) is 9.97 Å². The first kappa shape index (κ1) is 24.8. The van der Waals surface area contributed by atoms with Crippen LogP contribution in [0.15, 0.2) is 24.3 Å². The fourth-order valence-electron chi connectivity index (χ4n) is 4.33. The molecule has 0 bridgehead atoms. The number of aryl methyl sites for hydroxylation is 2. The van der Waals surface area contributed by atoms with Gasteiger partial charge in [0.05, 0.1) is 22.4 Å². The third-order valence-corrected chi connectivity index (χ3v) is 6.26. The molecule has 30 heavy (non-hydrogen) atoms. The molecular formula is C28H46N2. The van der Waals surface area contributed by atoms with Crippen LogP contribution in [0.3, 0.4) is 0 Å². The van der Waals surface area contributed by atoms with Crippen LogP contribution in [0.25, 0.3) is 11.0 Å². The molecule has 1 aromatic heterocycles. The maximum absolute atomic E-state index is 5.02. The number of hydrogen-bond donors (Lipinski definition) is 0. The number of rotatable bonds is 18. The van der Waals surface area contributed by atoms with Crippen molar-refractivity contribution in [1.82, 2.24) is 9.97 Å². The van der Waals surface area contributed by atoms with E-state index in [1.807, 2.05) is 0 Å². The highest BCUT2D eigenvalue weighted by Gasteiger charge is 2.09. The summed E-state index contributed by atoms with van der Waals surface area (Å²) >= 11 is 0. The summed E-state index contributed by atoms with van der Waals surface area (Å²) in [5, 5.41) is 0. The maximum Gasteiger partial charge on any atom is 0.0890 e. The molecule has 0 aliphatic rings. The Morgan fingerprint density at radius 2 is 0.800 bits per heavy atom. The first-order chi connectivity index (χ1) is 14.8. The van der Waals surface area contributed by atoms with Crippen LogP contribution < -0.4 is 0 Å². The lowest BCUT2D eigenvalue weighted by atomic mass is 10.0. The maximum atomic E-state index is 5.02. The van der Waals surface area contributed by atoms with Crippen molar-refractivity contribution < 1.29 is 0 Å². The second-order valence-electron chi connectivity index (χ2n) is 9.06. The highest BCUT2D eigenvalue weighted by atomic mass is 14.8. The third-order valence-electron chi connectivity index (χ3n) is 6.26. The number of fused-ring (bicyclic) bond motifs is 1. The normalized spacial score (nSPS) is 11.4. The quantitative estimate of drug-likeness (QED) is 0.229. The Hall–Kier alpha value is -1.44. The molecule has 0 radical (unpaired) electrons. The smallest absolute Gasteiger partial charge is 0.0890 e. The molecule has 0 N–H and O–H groups in total. The van der Waals surface area contributed by atoms with E-state index in [-0.39, 0.29) is 0 Å². The number of benzene rings is 1. The summed E-state index contributed by atoms with van der Waals surface area (Å²) in [7, 11) is 0. The van der Waals surface area contributed by atoms with Gasteiger partial charge in [0.1, 0.15) is 0 Å². The Bertz CT molecular complexity index is 621. The molecule has 0 atom stereocenters. The van der Waals surface area contributed by atoms with Gasteiger partial charge in [0, 0.05) is 0 Å². The van der Waals surface area contributed by atoms with E-state index in [1.54, 1.807) is 0 Å². The van der Waals surface area contributed by atoms with Gasteiger partial charge in [0.2, 0.25) is 0 Å². The molecule has 2 heteroatoms. The van der Waals surface area contributed by atoms with Crippen LogP contribution in [0.5, 0.6) is 0 Å². The standard InChI is InChI=1S/C28H46N2/c1-3-5-7-9-11-13-15-17-21-25-26(22-18-16-14-12-10-8-6-4-2)30-28-24-20-19-23-27(28)29-25/h19-20,23-24H,3-18,21-22H2,1-2H3. The molecule has 2 aromatic rings. The van der Waals surface area contributed by atoms with E-state index < -0.39 is 0 Å². The lowest BCUT2D eigenvalue weighted by molar-refractivity contribution is 0.567. The Morgan fingerprint density at radius 1 is 0.467 bits per heavy atom. The molecule has 2 nitrogen and oxygen atoms in total. The van der Waals surface area contributed by atoms with Crippen LogP contribution in [0.4, 0.5) is 0 Å². The van der Waals surface area contributed by atoms with Crippen molar-refractivity contribution in [3.63, 3.8) is 0 Å². The minimum absolute atomic E-state index is 1.06. The van der Waals surface area contributed by atoms with Gasteiger partial charge in [0.15, 0.2) is 0 Å². The lowest BCUT2D eigenvalue weighted by Crippen LogP contribution is -2.03. The average molecular weight is 411 g/mol. The molecule has 0 unspecified atom stereocenters. The zero-order valence-electron chi connectivity index (χ0n) is 19.9. The van der Waals surface area contributed by atoms with Gasteiger partial charge in [-0.15, -0.1) is 0 Å². The minimum atomic E-state index is 1.06. The Labute approximate surface area is 186 Å². The van der Waals surface area contributed by atoms with Crippen LogP contribution >= 0.6 is 0 Å². The summed E-state index contributed by atoms with van der Waals surface area (Å²) in [6.07, 6.45) is 24.0. The monoisotopic (exact) mass is 410 g/mol. The van der Waals surface area contributed by atoms with E-state index in [4.69, 9.17) is 9.97 Å². The largest absolute Gasteiger partial charge is 0.249 e. The van der Waals surface area contributed by atoms with E-state index in [0.29, 0.717) is 0 Å². The Balaban J connectivity index is 1.77. The first-order valence-electron chi connectivity index (χ1n) is 13.1. The molecule has 168 valence electrons. The molecule has 0 aliphatic carbocycles. The van der Waals surface area contributed by atoms with Gasteiger partial charge in [0.25, 0.3) is 0 Å². The van der Waals surface area contributed by atoms with Gasteiger partial charge in [-0.25, -0.2) is 9.97 Å². The number of nitrogens with zero attached hydrogens (tertiary/aromatic N) is 2. The molecule has 0 aliphatic heterocycles. The van der Waals surface area contributed by atoms with Crippen molar-refractivity contribution in [3.05, 3.63) is 35.7 Å². The van der Waals surface area contributed by atoms with Crippen molar-refractivity contribution in [2.24, 2.45) is 0 Å². The number of unbranched alkanes of at least 4 members (excludes halogenated alkanes) is 14. The van der Waals surface area contributed by atoms with E-state index in [0.717, 1.165) is 23.9 Å². The van der Waals surface area contributed by atoms with Gasteiger partial charge >= 0.3 is 0 Å². The van der Waals surface area contributed by atoms with Crippen LogP contribution in [0, 0.1) is 0 Å². The molecule has 0 fully saturated rings. The van der Waals surface area contributed by atoms with Crippen molar-refractivity contribution >= 4 is 11.0 Å². The molecule has 1 aromatic carbocycles. The van der Waals surface area contributed by atoms with Gasteiger partial charge < -0.3 is 0 Å². The van der Waals surface area contributed by atoms with E-state index in [2.05, 4.69) is 38.1 Å². The average Bonchev–Trinajstić information content (AvgIpc) is 2.77. The fraction of sp³-hybridized carbons (Fsp3) is 0.714. The number of para-hydroxylation sites is 2. The third kappa shape index (κ3) is 10.0. The van der Waals surface area contributed by atoms with Crippen molar-refractivity contribution in [1.29, 1.82) is 0 Å². The summed E-state index contributed by atoms with van der Waals surface area (Å²) in [4.78, 5) is 10.0. The van der Waals surface area contributed by atoms with E-state index in [1.165, 1.54) is 114 Å². The van der Waals surface area contributed by atoms with Crippen molar-refractivity contribution in [3.8, 4) is 0 Å². The van der Waals surface area contributed by atoms with Crippen molar-refractivity contribution in [2.75, 3.05) is 0 Å². The second-order valence-corrected chi connectivity index (χ2v) is 9.06. The summed E-state index contributed by atoms with van der Waals surface area (Å²) in [6.45, 7) is 4.57. The second kappa shape index (κ2) is 16.3. The highest BCUT2D eigenvalue weighted by molar-refractivity contribution is 5.74. The Morgan fingerprint density at radius 3 is 1.17 bits per heavy atom. The first-order valence-corrected chi connectivity index (χ1v) is 13.1. The number of aromatic nitrogens is 2. The predicted molar refractivity (Wildman–Crippen MR) is 132 cm³/mol. The molecule has 2 rings (SSSR count). The van der Waals surface area contributed by atoms with Gasteiger partial charge in [-0.1, -0.05) is 116 Å². The summed E-state index contributed by atoms with van der Waals surface area (Å²) in [5.41, 5.74) is 4.66. The SMILES string of the molecule is CCCCCCCCCCc1nc2ccccc2nc1CCCCCCCCCC. The minimum Gasteiger partial charge on any atom is -0.249 e. The Kier molecular flexibility index (Phi) is 13.5. The van der Waals surface area contributed by atoms with E-state index >= 15 is 0 Å². The lowest BCUT2D eigenvalue weighted by Gasteiger charge is -2.10. The molecule has 0 saturated carbocycles. The molecular weight excluding hydrogens is 364 g/mol. The summed E-state index contributed by atoms with van der Waals surface area (Å²) < 4.78 is 0. The van der Waals surface area contributed by atoms with Gasteiger partial charge in [-0.2, -0.15) is 0 Å². The molecule has 0 saturated heterocycles. The summed E-state index contributed by atoms with van der Waals surface area (Å²) in [6, 6.07) is 8.38. The fourth-order valence-corrected chi connectivity index (χ4v) is 4.33. The van der Waals surface area contributed by atoms with Gasteiger partial charge in [-0.3, -0.25) is 0 Å². The molecule has 0 amide bonds. The van der Waals surface area contributed by atoms with E-state index in [9.17, 15) is 0 Å². The van der Waals surface area contributed by atoms with Crippen LogP contribution in [0.2, 0.25) is 0 Å². The molecule has 1 heterocycles.